The van der Waals surface area contributed by atoms with Gasteiger partial charge in [-0.1, -0.05) is 12.1 Å². The maximum Gasteiger partial charge on any atom is 0.239 e. The number of carbonyl (C=O) groups excluding carboxylic acids is 1. The molecule has 8 heteroatoms. The number of nitrogens with one attached hydrogen (secondary N) is 1. The van der Waals surface area contributed by atoms with E-state index in [9.17, 15) is 4.79 Å². The second-order valence-corrected chi connectivity index (χ2v) is 8.42. The van der Waals surface area contributed by atoms with E-state index in [4.69, 9.17) is 9.73 Å². The predicted molar refractivity (Wildman–Crippen MR) is 141 cm³/mol. The molecule has 1 aromatic rings. The summed E-state index contributed by atoms with van der Waals surface area (Å²) in [5.41, 5.74) is 1.31. The van der Waals surface area contributed by atoms with Crippen LogP contribution in [-0.2, 0) is 11.2 Å². The number of nitrogens with zero attached hydrogens (tertiary/aromatic N) is 4. The van der Waals surface area contributed by atoms with E-state index in [0.717, 1.165) is 89.8 Å². The number of aryl methyl sites for hydroxylation is 1. The summed E-state index contributed by atoms with van der Waals surface area (Å²) in [5, 5.41) is 3.44. The summed E-state index contributed by atoms with van der Waals surface area (Å²) < 4.78 is 5.22. The molecule has 1 amide bonds. The van der Waals surface area contributed by atoms with Gasteiger partial charge in [0.1, 0.15) is 5.75 Å². The fraction of sp³-hybridized carbons (Fsp3) is 0.667. The molecule has 2 aliphatic heterocycles. The normalized spacial score (nSPS) is 18.3. The molecule has 2 aliphatic rings. The number of rotatable bonds is 8. The highest BCUT2D eigenvalue weighted by atomic mass is 127. The van der Waals surface area contributed by atoms with Crippen molar-refractivity contribution in [2.45, 2.75) is 45.6 Å². The van der Waals surface area contributed by atoms with E-state index in [1.54, 1.807) is 7.11 Å². The molecule has 180 valence electrons. The minimum atomic E-state index is -0.0238. The number of piperazine rings is 1. The predicted octanol–water partition coefficient (Wildman–Crippen LogP) is 2.84. The van der Waals surface area contributed by atoms with Crippen molar-refractivity contribution in [3.63, 3.8) is 0 Å². The van der Waals surface area contributed by atoms with Crippen LogP contribution in [0.15, 0.2) is 29.3 Å². The van der Waals surface area contributed by atoms with Crippen LogP contribution < -0.4 is 10.1 Å². The summed E-state index contributed by atoms with van der Waals surface area (Å²) in [6.07, 6.45) is 4.32. The van der Waals surface area contributed by atoms with Gasteiger partial charge in [0.15, 0.2) is 5.96 Å². The van der Waals surface area contributed by atoms with Crippen LogP contribution in [0.5, 0.6) is 5.75 Å². The summed E-state index contributed by atoms with van der Waals surface area (Å²) >= 11 is 0. The van der Waals surface area contributed by atoms with E-state index in [0.29, 0.717) is 5.91 Å². The van der Waals surface area contributed by atoms with Gasteiger partial charge in [0.25, 0.3) is 0 Å². The molecular formula is C24H40IN5O2. The molecule has 3 rings (SSSR count). The van der Waals surface area contributed by atoms with Gasteiger partial charge < -0.3 is 19.9 Å². The number of likely N-dealkylation sites (tertiary alicyclic amines) is 1. The molecule has 2 heterocycles. The number of halogens is 1. The van der Waals surface area contributed by atoms with Crippen LogP contribution in [0.25, 0.3) is 0 Å². The zero-order chi connectivity index (χ0) is 22.1. The Morgan fingerprint density at radius 3 is 2.31 bits per heavy atom. The zero-order valence-corrected chi connectivity index (χ0v) is 22.2. The van der Waals surface area contributed by atoms with Crippen molar-refractivity contribution >= 4 is 35.8 Å². The van der Waals surface area contributed by atoms with Crippen LogP contribution in [0.1, 0.15) is 38.7 Å². The highest BCUT2D eigenvalue weighted by Crippen LogP contribution is 2.15. The molecule has 2 saturated heterocycles. The van der Waals surface area contributed by atoms with Gasteiger partial charge in [-0.25, -0.2) is 0 Å². The van der Waals surface area contributed by atoms with Crippen molar-refractivity contribution in [1.29, 1.82) is 0 Å². The summed E-state index contributed by atoms with van der Waals surface area (Å²) in [6.45, 7) is 11.3. The van der Waals surface area contributed by atoms with Crippen LogP contribution in [0, 0.1) is 0 Å². The van der Waals surface area contributed by atoms with E-state index in [2.05, 4.69) is 41.1 Å². The van der Waals surface area contributed by atoms with Crippen LogP contribution >= 0.6 is 24.0 Å². The number of benzene rings is 1. The minimum Gasteiger partial charge on any atom is -0.497 e. The number of ether oxygens (including phenoxy) is 1. The lowest BCUT2D eigenvalue weighted by Crippen LogP contribution is -2.57. The average Bonchev–Trinajstić information content (AvgIpc) is 3.36. The lowest BCUT2D eigenvalue weighted by atomic mass is 10.1. The molecule has 2 fully saturated rings. The minimum absolute atomic E-state index is 0. The van der Waals surface area contributed by atoms with Crippen molar-refractivity contribution < 1.29 is 9.53 Å². The lowest BCUT2D eigenvalue weighted by molar-refractivity contribution is -0.135. The first-order chi connectivity index (χ1) is 15.1. The number of guanidine groups is 1. The Balaban J connectivity index is 0.00000363. The molecule has 0 bridgehead atoms. The third kappa shape index (κ3) is 7.50. The number of aliphatic imine (C=N–C) groups is 1. The van der Waals surface area contributed by atoms with E-state index in [1.165, 1.54) is 5.56 Å². The first-order valence-corrected chi connectivity index (χ1v) is 11.8. The van der Waals surface area contributed by atoms with E-state index < -0.39 is 0 Å². The SMILES string of the molecule is CCNC(=NCCCc1ccc(OC)cc1)N1CCN(C(C)C(=O)N2CCCC2)CC1.I. The van der Waals surface area contributed by atoms with E-state index in [1.807, 2.05) is 17.0 Å². The molecule has 32 heavy (non-hydrogen) atoms. The van der Waals surface area contributed by atoms with Gasteiger partial charge in [-0.2, -0.15) is 0 Å². The first-order valence-electron chi connectivity index (χ1n) is 11.8. The van der Waals surface area contributed by atoms with Crippen molar-refractivity contribution in [3.05, 3.63) is 29.8 Å². The van der Waals surface area contributed by atoms with Gasteiger partial charge in [0.05, 0.1) is 13.2 Å². The molecule has 0 saturated carbocycles. The summed E-state index contributed by atoms with van der Waals surface area (Å²) in [5.74, 6) is 2.19. The first kappa shape index (κ1) is 26.7. The Kier molecular flexibility index (Phi) is 11.6. The fourth-order valence-electron chi connectivity index (χ4n) is 4.37. The number of methoxy groups -OCH3 is 1. The highest BCUT2D eigenvalue weighted by Gasteiger charge is 2.30. The molecule has 0 spiro atoms. The van der Waals surface area contributed by atoms with Crippen molar-refractivity contribution in [1.82, 2.24) is 20.0 Å². The number of hydrogen-bond acceptors (Lipinski definition) is 4. The summed E-state index contributed by atoms with van der Waals surface area (Å²) in [4.78, 5) is 24.3. The van der Waals surface area contributed by atoms with Crippen LogP contribution in [0.4, 0.5) is 0 Å². The maximum atomic E-state index is 12.7. The number of hydrogen-bond donors (Lipinski definition) is 1. The summed E-state index contributed by atoms with van der Waals surface area (Å²) in [6, 6.07) is 8.24. The van der Waals surface area contributed by atoms with Gasteiger partial charge in [-0.15, -0.1) is 24.0 Å². The molecule has 7 nitrogen and oxygen atoms in total. The Hall–Kier alpha value is -1.55. The summed E-state index contributed by atoms with van der Waals surface area (Å²) in [7, 11) is 1.69. The second kappa shape index (κ2) is 13.9. The monoisotopic (exact) mass is 557 g/mol. The molecule has 1 N–H and O–H groups in total. The second-order valence-electron chi connectivity index (χ2n) is 8.42. The molecular weight excluding hydrogens is 517 g/mol. The van der Waals surface area contributed by atoms with Gasteiger partial charge >= 0.3 is 0 Å². The average molecular weight is 558 g/mol. The Morgan fingerprint density at radius 1 is 1.06 bits per heavy atom. The molecule has 1 aromatic carbocycles. The zero-order valence-electron chi connectivity index (χ0n) is 19.9. The molecule has 0 aromatic heterocycles. The number of carbonyl (C=O) groups is 1. The van der Waals surface area contributed by atoms with Gasteiger partial charge in [0, 0.05) is 52.4 Å². The van der Waals surface area contributed by atoms with E-state index in [-0.39, 0.29) is 30.0 Å². The molecule has 0 radical (unpaired) electrons. The van der Waals surface area contributed by atoms with Gasteiger partial charge in [-0.05, 0) is 57.2 Å². The fourth-order valence-corrected chi connectivity index (χ4v) is 4.37. The van der Waals surface area contributed by atoms with Gasteiger partial charge in [-0.3, -0.25) is 14.7 Å². The van der Waals surface area contributed by atoms with Crippen LogP contribution in [-0.4, -0.2) is 92.1 Å². The lowest BCUT2D eigenvalue weighted by Gasteiger charge is -2.39. The van der Waals surface area contributed by atoms with Gasteiger partial charge in [0.2, 0.25) is 5.91 Å². The Labute approximate surface area is 210 Å². The Morgan fingerprint density at radius 2 is 1.72 bits per heavy atom. The topological polar surface area (TPSA) is 60.4 Å². The van der Waals surface area contributed by atoms with Crippen molar-refractivity contribution in [2.75, 3.05) is 59.5 Å². The van der Waals surface area contributed by atoms with Crippen molar-refractivity contribution in [2.24, 2.45) is 4.99 Å². The Bertz CT molecular complexity index is 714. The number of amides is 1. The van der Waals surface area contributed by atoms with E-state index >= 15 is 0 Å². The van der Waals surface area contributed by atoms with Crippen molar-refractivity contribution in [3.8, 4) is 5.75 Å². The standard InChI is InChI=1S/C24H39N5O2.HI/c1-4-25-24(26-13-7-8-21-9-11-22(31-3)12-10-21)29-18-16-27(17-19-29)20(2)23(30)28-14-5-6-15-28;/h9-12,20H,4-8,13-19H2,1-3H3,(H,25,26);1H. The highest BCUT2D eigenvalue weighted by molar-refractivity contribution is 14.0. The van der Waals surface area contributed by atoms with Crippen LogP contribution in [0.2, 0.25) is 0 Å². The molecule has 1 unspecified atom stereocenters. The molecule has 1 atom stereocenters. The smallest absolute Gasteiger partial charge is 0.239 e. The third-order valence-corrected chi connectivity index (χ3v) is 6.32. The largest absolute Gasteiger partial charge is 0.497 e. The molecule has 0 aliphatic carbocycles. The van der Waals surface area contributed by atoms with Crippen LogP contribution in [0.3, 0.4) is 0 Å². The maximum absolute atomic E-state index is 12.7. The third-order valence-electron chi connectivity index (χ3n) is 6.32. The quantitative estimate of drug-likeness (QED) is 0.231.